The summed E-state index contributed by atoms with van der Waals surface area (Å²) in [5.74, 6) is -2.30. The van der Waals surface area contributed by atoms with Crippen LogP contribution in [0.4, 0.5) is 5.69 Å². The number of aliphatic imine (C=N–C) groups is 2. The van der Waals surface area contributed by atoms with E-state index in [1.165, 1.54) is 4.90 Å². The van der Waals surface area contributed by atoms with E-state index in [-0.39, 0.29) is 92.1 Å². The Hall–Kier alpha value is -4.96. The Morgan fingerprint density at radius 3 is 1.81 bits per heavy atom. The number of fused-ring (bicyclic) bond motifs is 5. The molecule has 0 radical (unpaired) electrons. The largest absolute Gasteiger partial charge is 0.385 e. The van der Waals surface area contributed by atoms with Crippen LogP contribution in [0.1, 0.15) is 105 Å². The van der Waals surface area contributed by atoms with Gasteiger partial charge in [0, 0.05) is 65.6 Å². The van der Waals surface area contributed by atoms with Crippen molar-refractivity contribution in [3.8, 4) is 0 Å². The van der Waals surface area contributed by atoms with Crippen LogP contribution >= 0.6 is 0 Å². The van der Waals surface area contributed by atoms with Crippen molar-refractivity contribution < 1.29 is 28.7 Å². The number of ether oxygens (including phenoxy) is 2. The van der Waals surface area contributed by atoms with Crippen molar-refractivity contribution in [2.24, 2.45) is 56.6 Å². The first-order valence-corrected chi connectivity index (χ1v) is 21.2. The second-order valence-corrected chi connectivity index (χ2v) is 16.0. The van der Waals surface area contributed by atoms with E-state index in [0.29, 0.717) is 24.1 Å². The number of nitrogens with zero attached hydrogens (tertiary/aromatic N) is 3. The number of carbonyl (C=O) groups excluding carboxylic acids is 4. The van der Waals surface area contributed by atoms with Crippen molar-refractivity contribution in [1.82, 2.24) is 15.5 Å². The molecule has 16 heteroatoms. The second-order valence-electron chi connectivity index (χ2n) is 16.0. The van der Waals surface area contributed by atoms with E-state index in [4.69, 9.17) is 32.4 Å². The molecule has 0 spiro atoms. The number of hydrogen-bond donors (Lipinski definition) is 7. The van der Waals surface area contributed by atoms with Crippen LogP contribution < -0.4 is 38.9 Å². The third kappa shape index (κ3) is 9.83. The molecule has 0 aromatic heterocycles. The zero-order valence-electron chi connectivity index (χ0n) is 33.8. The standard InChI is InChI=1S/C42H62N10O6/c1-2-18-47-30-17-16-27-32-25(30)13-12-14-26(32)39(55)52(40(27)56)23-11-9-7-5-3-4-6-8-10-15-31-57-35-28-24-29(36(35)58-31)34(38(54)49-20-22-51-42(45)46)33(28)37(53)48-19-21-50-41(43)44/h12-14,16-17,28-29,31,33-36,47H,2-11,15,18-24H2,1H3,(H,48,53)(H,49,54)(H4,43,44,50)(H4,45,46,51)/t28-,29+,31?,33-,34-,35-,36+/m1/s1. The van der Waals surface area contributed by atoms with Gasteiger partial charge >= 0.3 is 0 Å². The van der Waals surface area contributed by atoms with Gasteiger partial charge in [-0.25, -0.2) is 0 Å². The highest BCUT2D eigenvalue weighted by Gasteiger charge is 2.66. The fraction of sp³-hybridized carbons (Fsp3) is 0.619. The average molecular weight is 803 g/mol. The molecule has 58 heavy (non-hydrogen) atoms. The summed E-state index contributed by atoms with van der Waals surface area (Å²) in [6.07, 6.45) is 11.0. The topological polar surface area (TPSA) is 255 Å². The number of imide groups is 1. The number of nitrogens with two attached hydrogens (primary N) is 4. The summed E-state index contributed by atoms with van der Waals surface area (Å²) < 4.78 is 12.8. The van der Waals surface area contributed by atoms with Crippen molar-refractivity contribution in [1.29, 1.82) is 0 Å². The third-order valence-corrected chi connectivity index (χ3v) is 12.0. The number of rotatable bonds is 23. The first kappa shape index (κ1) is 42.6. The molecule has 2 bridgehead atoms. The van der Waals surface area contributed by atoms with E-state index >= 15 is 0 Å². The molecule has 2 saturated carbocycles. The van der Waals surface area contributed by atoms with E-state index in [0.717, 1.165) is 93.6 Å². The van der Waals surface area contributed by atoms with Crippen molar-refractivity contribution in [3.05, 3.63) is 41.5 Å². The number of nitrogens with one attached hydrogen (secondary N) is 3. The van der Waals surface area contributed by atoms with Crippen molar-refractivity contribution >= 4 is 52.0 Å². The number of guanidine groups is 2. The molecule has 2 aromatic carbocycles. The first-order chi connectivity index (χ1) is 28.1. The lowest BCUT2D eigenvalue weighted by Gasteiger charge is -2.34. The van der Waals surface area contributed by atoms with Crippen molar-refractivity contribution in [2.75, 3.05) is 44.6 Å². The summed E-state index contributed by atoms with van der Waals surface area (Å²) in [5.41, 5.74) is 23.8. The van der Waals surface area contributed by atoms with Crippen LogP contribution in [0.5, 0.6) is 0 Å². The number of carbonyl (C=O) groups is 4. The fourth-order valence-corrected chi connectivity index (χ4v) is 9.44. The molecule has 2 aliphatic heterocycles. The zero-order valence-corrected chi connectivity index (χ0v) is 33.8. The fourth-order valence-electron chi connectivity index (χ4n) is 9.44. The van der Waals surface area contributed by atoms with Gasteiger partial charge in [0.25, 0.3) is 11.8 Å². The van der Waals surface area contributed by atoms with Gasteiger partial charge in [-0.3, -0.25) is 34.1 Å². The Morgan fingerprint density at radius 2 is 1.26 bits per heavy atom. The van der Waals surface area contributed by atoms with Gasteiger partial charge in [0.15, 0.2) is 18.2 Å². The average Bonchev–Trinajstić information content (AvgIpc) is 3.91. The van der Waals surface area contributed by atoms with Gasteiger partial charge in [0.2, 0.25) is 11.8 Å². The van der Waals surface area contributed by atoms with Gasteiger partial charge in [0.1, 0.15) is 0 Å². The van der Waals surface area contributed by atoms with Gasteiger partial charge in [-0.2, -0.15) is 0 Å². The van der Waals surface area contributed by atoms with Gasteiger partial charge in [-0.15, -0.1) is 0 Å². The van der Waals surface area contributed by atoms with E-state index < -0.39 is 11.8 Å². The first-order valence-electron chi connectivity index (χ1n) is 21.2. The quantitative estimate of drug-likeness (QED) is 0.0372. The zero-order chi connectivity index (χ0) is 41.2. The van der Waals surface area contributed by atoms with Crippen LogP contribution in [0.2, 0.25) is 0 Å². The Balaban J connectivity index is 0.876. The number of unbranched alkanes of at least 4 members (excludes halogenated alkanes) is 8. The maximum Gasteiger partial charge on any atom is 0.261 e. The smallest absolute Gasteiger partial charge is 0.261 e. The number of benzene rings is 2. The maximum absolute atomic E-state index is 13.5. The molecule has 16 nitrogen and oxygen atoms in total. The molecule has 2 heterocycles. The van der Waals surface area contributed by atoms with Gasteiger partial charge in [-0.1, -0.05) is 64.0 Å². The summed E-state index contributed by atoms with van der Waals surface area (Å²) >= 11 is 0. The molecule has 6 rings (SSSR count). The van der Waals surface area contributed by atoms with E-state index in [2.05, 4.69) is 32.9 Å². The Kier molecular flexibility index (Phi) is 14.8. The molecule has 316 valence electrons. The highest BCUT2D eigenvalue weighted by Crippen LogP contribution is 2.57. The molecule has 1 unspecified atom stereocenters. The Labute approximate surface area is 340 Å². The van der Waals surface area contributed by atoms with Crippen LogP contribution in [-0.4, -0.2) is 98.2 Å². The number of hydrogen-bond acceptors (Lipinski definition) is 9. The lowest BCUT2D eigenvalue weighted by Crippen LogP contribution is -2.52. The second kappa shape index (κ2) is 20.1. The minimum absolute atomic E-state index is 0.0481. The normalized spacial score (nSPS) is 24.2. The van der Waals surface area contributed by atoms with Crippen LogP contribution in [-0.2, 0) is 19.1 Å². The highest BCUT2D eigenvalue weighted by molar-refractivity contribution is 6.26. The van der Waals surface area contributed by atoms with Crippen LogP contribution in [0.3, 0.4) is 0 Å². The molecule has 1 saturated heterocycles. The van der Waals surface area contributed by atoms with Crippen LogP contribution in [0, 0.1) is 23.7 Å². The molecular weight excluding hydrogens is 741 g/mol. The van der Waals surface area contributed by atoms with Crippen molar-refractivity contribution in [2.45, 2.75) is 102 Å². The molecule has 4 amide bonds. The van der Waals surface area contributed by atoms with Gasteiger partial charge in [-0.05, 0) is 50.3 Å². The summed E-state index contributed by atoms with van der Waals surface area (Å²) in [7, 11) is 0. The molecule has 3 fully saturated rings. The summed E-state index contributed by atoms with van der Waals surface area (Å²) in [4.78, 5) is 63.0. The van der Waals surface area contributed by atoms with Gasteiger partial charge < -0.3 is 48.4 Å². The van der Waals surface area contributed by atoms with Gasteiger partial charge in [0.05, 0.1) is 37.1 Å². The third-order valence-electron chi connectivity index (χ3n) is 12.0. The van der Waals surface area contributed by atoms with Crippen LogP contribution in [0.25, 0.3) is 10.8 Å². The SMILES string of the molecule is CCCNc1ccc2c3c(cccc13)C(=O)N(CCCCCCCCCCCC1O[C@@H]3[C@@H]4C[C@H]([C@@H]3O1)[C@@H](C(=O)NCCN=C(N)N)[C@@H]4C(=O)NCCN=C(N)N)C2=O. The summed E-state index contributed by atoms with van der Waals surface area (Å²) in [6, 6.07) is 9.51. The van der Waals surface area contributed by atoms with E-state index in [1.807, 2.05) is 30.3 Å². The molecule has 7 atom stereocenters. The number of amides is 4. The maximum atomic E-state index is 13.5. The van der Waals surface area contributed by atoms with E-state index in [1.54, 1.807) is 0 Å². The Bertz CT molecular complexity index is 1770. The minimum atomic E-state index is -0.555. The predicted octanol–water partition coefficient (Wildman–Crippen LogP) is 2.93. The monoisotopic (exact) mass is 802 g/mol. The predicted molar refractivity (Wildman–Crippen MR) is 224 cm³/mol. The Morgan fingerprint density at radius 1 is 0.724 bits per heavy atom. The molecule has 2 aromatic rings. The summed E-state index contributed by atoms with van der Waals surface area (Å²) in [5, 5.41) is 10.9. The molecular formula is C42H62N10O6. The van der Waals surface area contributed by atoms with Crippen LogP contribution in [0.15, 0.2) is 40.3 Å². The highest BCUT2D eigenvalue weighted by atomic mass is 16.7. The number of anilines is 1. The molecule has 2 aliphatic carbocycles. The van der Waals surface area contributed by atoms with E-state index in [9.17, 15) is 19.2 Å². The van der Waals surface area contributed by atoms with Crippen molar-refractivity contribution in [3.63, 3.8) is 0 Å². The lowest BCUT2D eigenvalue weighted by molar-refractivity contribution is -0.140. The minimum Gasteiger partial charge on any atom is -0.385 e. The lowest BCUT2D eigenvalue weighted by atomic mass is 9.75. The summed E-state index contributed by atoms with van der Waals surface area (Å²) in [6.45, 7) is 4.37. The molecule has 11 N–H and O–H groups in total. The molecule has 4 aliphatic rings.